The lowest BCUT2D eigenvalue weighted by Gasteiger charge is -2.33. The van der Waals surface area contributed by atoms with Crippen LogP contribution in [-0.2, 0) is 13.5 Å². The summed E-state index contributed by atoms with van der Waals surface area (Å²) in [6.45, 7) is 6.63. The molecule has 1 aromatic heterocycles. The average Bonchev–Trinajstić information content (AvgIpc) is 2.96. The highest BCUT2D eigenvalue weighted by Crippen LogP contribution is 2.15. The summed E-state index contributed by atoms with van der Waals surface area (Å²) in [6, 6.07) is 0.751. The predicted octanol–water partition coefficient (Wildman–Crippen LogP) is 2.01. The Morgan fingerprint density at radius 2 is 2.12 bits per heavy atom. The van der Waals surface area contributed by atoms with Gasteiger partial charge in [-0.15, -0.1) is 24.0 Å². The molecule has 0 radical (unpaired) electrons. The predicted molar refractivity (Wildman–Crippen MR) is 111 cm³/mol. The van der Waals surface area contributed by atoms with Crippen LogP contribution in [0.5, 0.6) is 0 Å². The second-order valence-corrected chi connectivity index (χ2v) is 6.43. The number of hydrogen-bond donors (Lipinski definition) is 2. The first-order valence-electron chi connectivity index (χ1n) is 8.85. The van der Waals surface area contributed by atoms with E-state index < -0.39 is 0 Å². The minimum absolute atomic E-state index is 0. The Morgan fingerprint density at radius 3 is 2.79 bits per heavy atom. The lowest BCUT2D eigenvalue weighted by atomic mass is 10.0. The summed E-state index contributed by atoms with van der Waals surface area (Å²) >= 11 is 0. The van der Waals surface area contributed by atoms with Crippen LogP contribution in [0.1, 0.15) is 38.2 Å². The Kier molecular flexibility index (Phi) is 10.3. The molecule has 6 nitrogen and oxygen atoms in total. The number of rotatable bonds is 7. The molecule has 1 aliphatic heterocycles. The normalized spacial score (nSPS) is 19.0. The molecule has 1 saturated heterocycles. The van der Waals surface area contributed by atoms with Gasteiger partial charge < -0.3 is 15.5 Å². The van der Waals surface area contributed by atoms with Gasteiger partial charge in [0.15, 0.2) is 5.96 Å². The van der Waals surface area contributed by atoms with Crippen molar-refractivity contribution in [3.05, 3.63) is 18.0 Å². The molecule has 1 aromatic rings. The molecule has 0 bridgehead atoms. The number of aliphatic imine (C=N–C) groups is 1. The zero-order chi connectivity index (χ0) is 16.5. The zero-order valence-electron chi connectivity index (χ0n) is 15.3. The maximum absolute atomic E-state index is 4.28. The molecule has 7 heteroatoms. The van der Waals surface area contributed by atoms with E-state index in [1.54, 1.807) is 0 Å². The van der Waals surface area contributed by atoms with Gasteiger partial charge in [0, 0.05) is 46.0 Å². The van der Waals surface area contributed by atoms with Gasteiger partial charge in [-0.1, -0.05) is 6.42 Å². The molecule has 1 fully saturated rings. The number of piperidine rings is 1. The molecule has 1 atom stereocenters. The number of aromatic nitrogens is 2. The van der Waals surface area contributed by atoms with E-state index in [0.717, 1.165) is 37.9 Å². The van der Waals surface area contributed by atoms with Crippen LogP contribution in [0.2, 0.25) is 0 Å². The fraction of sp³-hybridized carbons (Fsp3) is 0.765. The van der Waals surface area contributed by atoms with Crippen LogP contribution in [0.15, 0.2) is 17.4 Å². The first-order valence-corrected chi connectivity index (χ1v) is 8.85. The third-order valence-corrected chi connectivity index (χ3v) is 4.54. The van der Waals surface area contributed by atoms with E-state index in [1.165, 1.54) is 37.9 Å². The van der Waals surface area contributed by atoms with Gasteiger partial charge in [-0.25, -0.2) is 0 Å². The zero-order valence-corrected chi connectivity index (χ0v) is 17.6. The van der Waals surface area contributed by atoms with Crippen molar-refractivity contribution < 1.29 is 0 Å². The maximum Gasteiger partial charge on any atom is 0.190 e. The summed E-state index contributed by atoms with van der Waals surface area (Å²) in [7, 11) is 3.77. The van der Waals surface area contributed by atoms with Crippen molar-refractivity contribution in [1.29, 1.82) is 0 Å². The molecule has 0 spiro atoms. The highest BCUT2D eigenvalue weighted by Gasteiger charge is 2.16. The first kappa shape index (κ1) is 21.2. The van der Waals surface area contributed by atoms with Gasteiger partial charge >= 0.3 is 0 Å². The quantitative estimate of drug-likeness (QED) is 0.290. The van der Waals surface area contributed by atoms with Crippen molar-refractivity contribution >= 4 is 29.9 Å². The van der Waals surface area contributed by atoms with Gasteiger partial charge in [-0.3, -0.25) is 9.67 Å². The van der Waals surface area contributed by atoms with Crippen molar-refractivity contribution in [3.8, 4) is 0 Å². The van der Waals surface area contributed by atoms with Crippen LogP contribution >= 0.6 is 24.0 Å². The highest BCUT2D eigenvalue weighted by atomic mass is 127. The molecule has 2 N–H and O–H groups in total. The maximum atomic E-state index is 4.28. The smallest absolute Gasteiger partial charge is 0.190 e. The van der Waals surface area contributed by atoms with Crippen molar-refractivity contribution in [1.82, 2.24) is 25.3 Å². The van der Waals surface area contributed by atoms with E-state index >= 15 is 0 Å². The van der Waals surface area contributed by atoms with Crippen LogP contribution < -0.4 is 10.6 Å². The van der Waals surface area contributed by atoms with Crippen LogP contribution in [0.4, 0.5) is 0 Å². The molecule has 2 heterocycles. The van der Waals surface area contributed by atoms with E-state index in [1.807, 2.05) is 25.0 Å². The van der Waals surface area contributed by atoms with Crippen LogP contribution in [0.25, 0.3) is 0 Å². The molecule has 24 heavy (non-hydrogen) atoms. The summed E-state index contributed by atoms with van der Waals surface area (Å²) in [5, 5.41) is 11.0. The van der Waals surface area contributed by atoms with Crippen LogP contribution in [-0.4, -0.2) is 59.9 Å². The summed E-state index contributed by atoms with van der Waals surface area (Å²) in [6.07, 6.45) is 10.2. The average molecular weight is 448 g/mol. The summed E-state index contributed by atoms with van der Waals surface area (Å²) < 4.78 is 1.84. The second-order valence-electron chi connectivity index (χ2n) is 6.43. The Bertz CT molecular complexity index is 487. The molecule has 0 aromatic carbocycles. The molecule has 1 aliphatic rings. The number of aryl methyl sites for hydroxylation is 1. The van der Waals surface area contributed by atoms with Gasteiger partial charge in [0.05, 0.1) is 6.20 Å². The third kappa shape index (κ3) is 7.38. The van der Waals surface area contributed by atoms with E-state index in [2.05, 4.69) is 38.7 Å². The topological polar surface area (TPSA) is 57.5 Å². The highest BCUT2D eigenvalue weighted by molar-refractivity contribution is 14.0. The number of nitrogens with one attached hydrogen (secondary N) is 2. The van der Waals surface area contributed by atoms with Crippen molar-refractivity contribution in [2.24, 2.45) is 12.0 Å². The molecule has 0 saturated carbocycles. The Hall–Kier alpha value is -0.830. The number of nitrogens with zero attached hydrogens (tertiary/aromatic N) is 4. The van der Waals surface area contributed by atoms with E-state index in [9.17, 15) is 0 Å². The van der Waals surface area contributed by atoms with Crippen molar-refractivity contribution in [2.75, 3.05) is 33.2 Å². The Morgan fingerprint density at radius 1 is 1.33 bits per heavy atom. The van der Waals surface area contributed by atoms with Crippen molar-refractivity contribution in [2.45, 2.75) is 45.1 Å². The van der Waals surface area contributed by atoms with Crippen LogP contribution in [0, 0.1) is 0 Å². The minimum atomic E-state index is 0. The monoisotopic (exact) mass is 448 g/mol. The van der Waals surface area contributed by atoms with E-state index in [-0.39, 0.29) is 24.0 Å². The molecule has 138 valence electrons. The molecular formula is C17H33IN6. The van der Waals surface area contributed by atoms with E-state index in [4.69, 9.17) is 0 Å². The lowest BCUT2D eigenvalue weighted by molar-refractivity contribution is 0.159. The number of hydrogen-bond acceptors (Lipinski definition) is 3. The van der Waals surface area contributed by atoms with Crippen LogP contribution in [0.3, 0.4) is 0 Å². The fourth-order valence-corrected chi connectivity index (χ4v) is 3.13. The van der Waals surface area contributed by atoms with Gasteiger partial charge in [-0.05, 0) is 44.7 Å². The fourth-order valence-electron chi connectivity index (χ4n) is 3.13. The van der Waals surface area contributed by atoms with Gasteiger partial charge in [0.2, 0.25) is 0 Å². The minimum Gasteiger partial charge on any atom is -0.356 e. The van der Waals surface area contributed by atoms with Crippen molar-refractivity contribution in [3.63, 3.8) is 0 Å². The number of halogens is 1. The number of likely N-dealkylation sites (tertiary alicyclic amines) is 1. The molecule has 0 amide bonds. The summed E-state index contributed by atoms with van der Waals surface area (Å²) in [5.41, 5.74) is 1.24. The van der Waals surface area contributed by atoms with Gasteiger partial charge in [0.1, 0.15) is 0 Å². The van der Waals surface area contributed by atoms with Gasteiger partial charge in [-0.2, -0.15) is 5.10 Å². The molecule has 0 aliphatic carbocycles. The third-order valence-electron chi connectivity index (χ3n) is 4.54. The summed E-state index contributed by atoms with van der Waals surface area (Å²) in [4.78, 5) is 6.90. The standard InChI is InChI=1S/C17H32N6.HI/c1-15-7-4-5-11-23(15)12-6-9-19-17(18-2)20-10-8-16-13-21-22(3)14-16;/h13-15H,4-12H2,1-3H3,(H2,18,19,20);1H. The van der Waals surface area contributed by atoms with E-state index in [0.29, 0.717) is 0 Å². The largest absolute Gasteiger partial charge is 0.356 e. The first-order chi connectivity index (χ1) is 11.2. The molecule has 1 unspecified atom stereocenters. The SMILES string of the molecule is CN=C(NCCCN1CCCCC1C)NCCc1cnn(C)c1.I. The molecule has 2 rings (SSSR count). The summed E-state index contributed by atoms with van der Waals surface area (Å²) in [5.74, 6) is 0.889. The van der Waals surface area contributed by atoms with Gasteiger partial charge in [0.25, 0.3) is 0 Å². The second kappa shape index (κ2) is 11.7. The Labute approximate surface area is 163 Å². The Balaban J connectivity index is 0.00000288. The molecular weight excluding hydrogens is 415 g/mol. The lowest BCUT2D eigenvalue weighted by Crippen LogP contribution is -2.41. The number of guanidine groups is 1.